The van der Waals surface area contributed by atoms with Crippen LogP contribution in [0.1, 0.15) is 39.0 Å². The maximum Gasteiger partial charge on any atom is 0.221 e. The zero-order valence-electron chi connectivity index (χ0n) is 9.50. The standard InChI is InChI=1S/C11H22N2OS/c1-2-3-9(12)8-11(14)13-10-4-6-15-7-5-10/h9-10H,2-8,12H2,1H3,(H,13,14). The van der Waals surface area contributed by atoms with Crippen LogP contribution in [0.25, 0.3) is 0 Å². The van der Waals surface area contributed by atoms with Gasteiger partial charge >= 0.3 is 0 Å². The highest BCUT2D eigenvalue weighted by atomic mass is 32.2. The van der Waals surface area contributed by atoms with Gasteiger partial charge in [0.1, 0.15) is 0 Å². The van der Waals surface area contributed by atoms with E-state index in [1.807, 2.05) is 11.8 Å². The molecule has 0 aliphatic carbocycles. The molecule has 1 rings (SSSR count). The quantitative estimate of drug-likeness (QED) is 0.753. The van der Waals surface area contributed by atoms with Crippen molar-refractivity contribution in [2.45, 2.75) is 51.1 Å². The third kappa shape index (κ3) is 5.42. The molecule has 1 unspecified atom stereocenters. The lowest BCUT2D eigenvalue weighted by Crippen LogP contribution is -2.40. The highest BCUT2D eigenvalue weighted by molar-refractivity contribution is 7.99. The summed E-state index contributed by atoms with van der Waals surface area (Å²) in [6, 6.07) is 0.431. The third-order valence-electron chi connectivity index (χ3n) is 2.69. The number of carbonyl (C=O) groups is 1. The molecule has 1 aliphatic rings. The molecule has 1 fully saturated rings. The highest BCUT2D eigenvalue weighted by Crippen LogP contribution is 2.16. The minimum absolute atomic E-state index is 0.0352. The van der Waals surface area contributed by atoms with Gasteiger partial charge < -0.3 is 11.1 Å². The van der Waals surface area contributed by atoms with Crippen LogP contribution in [0.4, 0.5) is 0 Å². The molecule has 1 heterocycles. The number of nitrogens with two attached hydrogens (primary N) is 1. The number of hydrogen-bond donors (Lipinski definition) is 2. The fourth-order valence-electron chi connectivity index (χ4n) is 1.84. The Labute approximate surface area is 96.6 Å². The van der Waals surface area contributed by atoms with Crippen molar-refractivity contribution in [3.05, 3.63) is 0 Å². The summed E-state index contributed by atoms with van der Waals surface area (Å²) >= 11 is 1.97. The van der Waals surface area contributed by atoms with E-state index in [1.165, 1.54) is 11.5 Å². The molecule has 0 radical (unpaired) electrons. The van der Waals surface area contributed by atoms with Crippen LogP contribution in [0.3, 0.4) is 0 Å². The first-order valence-corrected chi connectivity index (χ1v) is 7.00. The summed E-state index contributed by atoms with van der Waals surface area (Å²) in [6.45, 7) is 2.09. The van der Waals surface area contributed by atoms with E-state index in [0.717, 1.165) is 25.7 Å². The fourth-order valence-corrected chi connectivity index (χ4v) is 2.95. The molecule has 4 heteroatoms. The maximum absolute atomic E-state index is 11.6. The molecule has 0 bridgehead atoms. The van der Waals surface area contributed by atoms with Gasteiger partial charge in [0.25, 0.3) is 0 Å². The van der Waals surface area contributed by atoms with Crippen molar-refractivity contribution < 1.29 is 4.79 Å². The Balaban J connectivity index is 2.16. The molecule has 3 nitrogen and oxygen atoms in total. The predicted molar refractivity (Wildman–Crippen MR) is 66.0 cm³/mol. The van der Waals surface area contributed by atoms with E-state index in [9.17, 15) is 4.79 Å². The molecule has 1 amide bonds. The minimum atomic E-state index is 0.0352. The van der Waals surface area contributed by atoms with Gasteiger partial charge in [0.05, 0.1) is 0 Å². The summed E-state index contributed by atoms with van der Waals surface area (Å²) in [4.78, 5) is 11.6. The molecule has 15 heavy (non-hydrogen) atoms. The molecule has 0 aromatic carbocycles. The molecule has 1 aliphatic heterocycles. The van der Waals surface area contributed by atoms with Gasteiger partial charge in [-0.15, -0.1) is 0 Å². The van der Waals surface area contributed by atoms with Gasteiger partial charge in [0.2, 0.25) is 5.91 Å². The monoisotopic (exact) mass is 230 g/mol. The molecule has 0 spiro atoms. The van der Waals surface area contributed by atoms with E-state index in [0.29, 0.717) is 12.5 Å². The number of nitrogens with one attached hydrogen (secondary N) is 1. The number of thioether (sulfide) groups is 1. The van der Waals surface area contributed by atoms with Gasteiger partial charge in [0, 0.05) is 18.5 Å². The van der Waals surface area contributed by atoms with Crippen LogP contribution in [-0.2, 0) is 4.79 Å². The lowest BCUT2D eigenvalue weighted by Gasteiger charge is -2.23. The summed E-state index contributed by atoms with van der Waals surface area (Å²) in [5, 5.41) is 3.08. The zero-order valence-corrected chi connectivity index (χ0v) is 10.3. The second-order valence-electron chi connectivity index (χ2n) is 4.21. The Bertz CT molecular complexity index is 193. The normalized spacial score (nSPS) is 19.9. The highest BCUT2D eigenvalue weighted by Gasteiger charge is 2.17. The van der Waals surface area contributed by atoms with E-state index >= 15 is 0 Å². The summed E-state index contributed by atoms with van der Waals surface area (Å²) in [7, 11) is 0. The van der Waals surface area contributed by atoms with Crippen molar-refractivity contribution in [3.63, 3.8) is 0 Å². The topological polar surface area (TPSA) is 55.1 Å². The lowest BCUT2D eigenvalue weighted by atomic mass is 10.1. The zero-order chi connectivity index (χ0) is 11.1. The first-order valence-electron chi connectivity index (χ1n) is 5.85. The Morgan fingerprint density at radius 2 is 2.20 bits per heavy atom. The first kappa shape index (κ1) is 12.8. The van der Waals surface area contributed by atoms with Crippen molar-refractivity contribution in [1.82, 2.24) is 5.32 Å². The van der Waals surface area contributed by atoms with Crippen molar-refractivity contribution in [2.75, 3.05) is 11.5 Å². The van der Waals surface area contributed by atoms with Crippen molar-refractivity contribution >= 4 is 17.7 Å². The SMILES string of the molecule is CCCC(N)CC(=O)NC1CCSCC1. The van der Waals surface area contributed by atoms with Gasteiger partial charge in [0.15, 0.2) is 0 Å². The minimum Gasteiger partial charge on any atom is -0.353 e. The van der Waals surface area contributed by atoms with Crippen LogP contribution in [0, 0.1) is 0 Å². The Morgan fingerprint density at radius 1 is 1.53 bits per heavy atom. The summed E-state index contributed by atoms with van der Waals surface area (Å²) in [5.41, 5.74) is 5.83. The van der Waals surface area contributed by atoms with Crippen LogP contribution in [0.5, 0.6) is 0 Å². The Hall–Kier alpha value is -0.220. The van der Waals surface area contributed by atoms with Crippen molar-refractivity contribution in [3.8, 4) is 0 Å². The molecule has 1 saturated heterocycles. The number of hydrogen-bond acceptors (Lipinski definition) is 3. The largest absolute Gasteiger partial charge is 0.353 e. The molecular formula is C11H22N2OS. The van der Waals surface area contributed by atoms with E-state index in [1.54, 1.807) is 0 Å². The molecule has 1 atom stereocenters. The second kappa shape index (κ2) is 7.12. The fraction of sp³-hybridized carbons (Fsp3) is 0.909. The second-order valence-corrected chi connectivity index (χ2v) is 5.43. The number of amides is 1. The van der Waals surface area contributed by atoms with E-state index in [-0.39, 0.29) is 11.9 Å². The van der Waals surface area contributed by atoms with Crippen molar-refractivity contribution in [2.24, 2.45) is 5.73 Å². The van der Waals surface area contributed by atoms with Crippen LogP contribution < -0.4 is 11.1 Å². The van der Waals surface area contributed by atoms with E-state index in [4.69, 9.17) is 5.73 Å². The predicted octanol–water partition coefficient (Wildman–Crippen LogP) is 1.52. The van der Waals surface area contributed by atoms with Gasteiger partial charge in [-0.1, -0.05) is 13.3 Å². The molecule has 88 valence electrons. The number of carbonyl (C=O) groups excluding carboxylic acids is 1. The van der Waals surface area contributed by atoms with Gasteiger partial charge in [-0.3, -0.25) is 4.79 Å². The summed E-state index contributed by atoms with van der Waals surface area (Å²) in [6.07, 6.45) is 4.69. The van der Waals surface area contributed by atoms with Gasteiger partial charge in [-0.05, 0) is 30.8 Å². The Morgan fingerprint density at radius 3 is 2.80 bits per heavy atom. The molecule has 0 aromatic rings. The van der Waals surface area contributed by atoms with E-state index in [2.05, 4.69) is 12.2 Å². The van der Waals surface area contributed by atoms with Crippen LogP contribution in [0.15, 0.2) is 0 Å². The lowest BCUT2D eigenvalue weighted by molar-refractivity contribution is -0.122. The molecule has 0 aromatic heterocycles. The maximum atomic E-state index is 11.6. The van der Waals surface area contributed by atoms with Crippen LogP contribution in [0.2, 0.25) is 0 Å². The third-order valence-corrected chi connectivity index (χ3v) is 3.74. The van der Waals surface area contributed by atoms with Crippen LogP contribution in [-0.4, -0.2) is 29.5 Å². The van der Waals surface area contributed by atoms with Gasteiger partial charge in [-0.2, -0.15) is 11.8 Å². The van der Waals surface area contributed by atoms with Gasteiger partial charge in [-0.25, -0.2) is 0 Å². The molecule has 0 saturated carbocycles. The summed E-state index contributed by atoms with van der Waals surface area (Å²) in [5.74, 6) is 2.48. The average Bonchev–Trinajstić information content (AvgIpc) is 2.19. The first-order chi connectivity index (χ1) is 7.22. The Kier molecular flexibility index (Phi) is 6.10. The van der Waals surface area contributed by atoms with E-state index < -0.39 is 0 Å². The molecule has 3 N–H and O–H groups in total. The van der Waals surface area contributed by atoms with Crippen LogP contribution >= 0.6 is 11.8 Å². The summed E-state index contributed by atoms with van der Waals surface area (Å²) < 4.78 is 0. The smallest absolute Gasteiger partial charge is 0.221 e. The number of rotatable bonds is 5. The average molecular weight is 230 g/mol. The van der Waals surface area contributed by atoms with Crippen molar-refractivity contribution in [1.29, 1.82) is 0 Å². The molecular weight excluding hydrogens is 208 g/mol.